The first kappa shape index (κ1) is 9.86. The number of hydrogen-bond acceptors (Lipinski definition) is 3. The molecule has 0 heterocycles. The van der Waals surface area contributed by atoms with Crippen LogP contribution in [0.4, 0.5) is 0 Å². The summed E-state index contributed by atoms with van der Waals surface area (Å²) in [4.78, 5) is 0. The molecule has 3 heteroatoms. The summed E-state index contributed by atoms with van der Waals surface area (Å²) < 4.78 is 5.25. The van der Waals surface area contributed by atoms with Crippen LogP contribution in [-0.2, 0) is 6.61 Å². The zero-order valence-electron chi connectivity index (χ0n) is 7.66. The van der Waals surface area contributed by atoms with Crippen LogP contribution in [0.15, 0.2) is 18.2 Å². The van der Waals surface area contributed by atoms with Gasteiger partial charge in [-0.25, -0.2) is 0 Å². The second kappa shape index (κ2) is 4.72. The van der Waals surface area contributed by atoms with Crippen molar-refractivity contribution >= 4 is 0 Å². The molecule has 1 aromatic rings. The maximum atomic E-state index is 9.41. The van der Waals surface area contributed by atoms with Crippen molar-refractivity contribution in [2.45, 2.75) is 20.0 Å². The SMILES string of the molecule is CCCOc1ccc(CO)cc1O. The third-order valence-corrected chi connectivity index (χ3v) is 1.67. The van der Waals surface area contributed by atoms with E-state index in [1.807, 2.05) is 6.92 Å². The molecule has 1 aromatic carbocycles. The number of benzene rings is 1. The van der Waals surface area contributed by atoms with E-state index >= 15 is 0 Å². The summed E-state index contributed by atoms with van der Waals surface area (Å²) in [5.74, 6) is 0.555. The van der Waals surface area contributed by atoms with E-state index in [2.05, 4.69) is 0 Å². The quantitative estimate of drug-likeness (QED) is 0.744. The van der Waals surface area contributed by atoms with E-state index < -0.39 is 0 Å². The molecule has 0 aliphatic rings. The molecule has 72 valence electrons. The molecule has 0 amide bonds. The molecule has 0 spiro atoms. The fourth-order valence-corrected chi connectivity index (χ4v) is 0.995. The summed E-state index contributed by atoms with van der Waals surface area (Å²) in [6.07, 6.45) is 0.904. The first-order valence-electron chi connectivity index (χ1n) is 4.33. The molecule has 0 saturated carbocycles. The summed E-state index contributed by atoms with van der Waals surface area (Å²) in [6.45, 7) is 2.52. The Hall–Kier alpha value is -1.22. The van der Waals surface area contributed by atoms with Gasteiger partial charge in [0.1, 0.15) is 0 Å². The van der Waals surface area contributed by atoms with E-state index in [0.29, 0.717) is 17.9 Å². The molecule has 0 radical (unpaired) electrons. The van der Waals surface area contributed by atoms with Crippen LogP contribution in [0.1, 0.15) is 18.9 Å². The van der Waals surface area contributed by atoms with Gasteiger partial charge in [-0.1, -0.05) is 13.0 Å². The largest absolute Gasteiger partial charge is 0.504 e. The topological polar surface area (TPSA) is 49.7 Å². The molecular weight excluding hydrogens is 168 g/mol. The Kier molecular flexibility index (Phi) is 3.58. The molecule has 0 fully saturated rings. The van der Waals surface area contributed by atoms with Crippen LogP contribution in [0.5, 0.6) is 11.5 Å². The van der Waals surface area contributed by atoms with Gasteiger partial charge in [-0.3, -0.25) is 0 Å². The fourth-order valence-electron chi connectivity index (χ4n) is 0.995. The highest BCUT2D eigenvalue weighted by Gasteiger charge is 2.02. The lowest BCUT2D eigenvalue weighted by Crippen LogP contribution is -1.95. The maximum Gasteiger partial charge on any atom is 0.160 e. The van der Waals surface area contributed by atoms with Crippen LogP contribution >= 0.6 is 0 Å². The molecule has 0 unspecified atom stereocenters. The zero-order chi connectivity index (χ0) is 9.68. The second-order valence-corrected chi connectivity index (χ2v) is 2.81. The number of phenols is 1. The molecule has 0 aliphatic heterocycles. The van der Waals surface area contributed by atoms with Gasteiger partial charge in [0.05, 0.1) is 13.2 Å². The number of aliphatic hydroxyl groups is 1. The van der Waals surface area contributed by atoms with Crippen molar-refractivity contribution in [1.29, 1.82) is 0 Å². The minimum Gasteiger partial charge on any atom is -0.504 e. The van der Waals surface area contributed by atoms with Crippen molar-refractivity contribution < 1.29 is 14.9 Å². The van der Waals surface area contributed by atoms with Crippen molar-refractivity contribution in [3.63, 3.8) is 0 Å². The lowest BCUT2D eigenvalue weighted by molar-refractivity contribution is 0.278. The number of ether oxygens (including phenoxy) is 1. The second-order valence-electron chi connectivity index (χ2n) is 2.81. The summed E-state index contributed by atoms with van der Waals surface area (Å²) in [5, 5.41) is 18.2. The number of rotatable bonds is 4. The highest BCUT2D eigenvalue weighted by molar-refractivity contribution is 5.41. The molecule has 13 heavy (non-hydrogen) atoms. The van der Waals surface area contributed by atoms with Crippen molar-refractivity contribution in [2.24, 2.45) is 0 Å². The van der Waals surface area contributed by atoms with Gasteiger partial charge in [0, 0.05) is 0 Å². The van der Waals surface area contributed by atoms with Gasteiger partial charge in [-0.15, -0.1) is 0 Å². The van der Waals surface area contributed by atoms with Crippen molar-refractivity contribution in [3.8, 4) is 11.5 Å². The van der Waals surface area contributed by atoms with Crippen LogP contribution in [0.25, 0.3) is 0 Å². The molecule has 0 saturated heterocycles. The zero-order valence-corrected chi connectivity index (χ0v) is 7.66. The van der Waals surface area contributed by atoms with Gasteiger partial charge in [0.15, 0.2) is 11.5 Å². The highest BCUT2D eigenvalue weighted by atomic mass is 16.5. The van der Waals surface area contributed by atoms with Crippen molar-refractivity contribution in [1.82, 2.24) is 0 Å². The standard InChI is InChI=1S/C10H14O3/c1-2-5-13-10-4-3-8(7-11)6-9(10)12/h3-4,6,11-12H,2,5,7H2,1H3. The van der Waals surface area contributed by atoms with Gasteiger partial charge in [-0.05, 0) is 24.1 Å². The fraction of sp³-hybridized carbons (Fsp3) is 0.400. The highest BCUT2D eigenvalue weighted by Crippen LogP contribution is 2.26. The molecule has 0 aromatic heterocycles. The number of aliphatic hydroxyl groups excluding tert-OH is 1. The van der Waals surface area contributed by atoms with E-state index in [-0.39, 0.29) is 12.4 Å². The molecule has 0 atom stereocenters. The van der Waals surface area contributed by atoms with E-state index in [0.717, 1.165) is 6.42 Å². The van der Waals surface area contributed by atoms with Gasteiger partial charge < -0.3 is 14.9 Å². The Morgan fingerprint density at radius 1 is 1.38 bits per heavy atom. The normalized spacial score (nSPS) is 10.0. The number of phenolic OH excluding ortho intramolecular Hbond substituents is 1. The van der Waals surface area contributed by atoms with Gasteiger partial charge in [0.25, 0.3) is 0 Å². The van der Waals surface area contributed by atoms with E-state index in [1.165, 1.54) is 6.07 Å². The van der Waals surface area contributed by atoms with Crippen molar-refractivity contribution in [2.75, 3.05) is 6.61 Å². The average molecular weight is 182 g/mol. The average Bonchev–Trinajstić information content (AvgIpc) is 2.16. The Morgan fingerprint density at radius 3 is 2.69 bits per heavy atom. The minimum absolute atomic E-state index is 0.0678. The van der Waals surface area contributed by atoms with Crippen LogP contribution in [0, 0.1) is 0 Å². The van der Waals surface area contributed by atoms with E-state index in [4.69, 9.17) is 9.84 Å². The van der Waals surface area contributed by atoms with Crippen LogP contribution < -0.4 is 4.74 Å². The summed E-state index contributed by atoms with van der Waals surface area (Å²) in [5.41, 5.74) is 0.682. The van der Waals surface area contributed by atoms with Gasteiger partial charge in [-0.2, -0.15) is 0 Å². The molecule has 2 N–H and O–H groups in total. The Morgan fingerprint density at radius 2 is 2.15 bits per heavy atom. The summed E-state index contributed by atoms with van der Waals surface area (Å²) >= 11 is 0. The number of hydrogen-bond donors (Lipinski definition) is 2. The Labute approximate surface area is 77.6 Å². The lowest BCUT2D eigenvalue weighted by Gasteiger charge is -2.07. The van der Waals surface area contributed by atoms with Gasteiger partial charge in [0.2, 0.25) is 0 Å². The predicted molar refractivity (Wildman–Crippen MR) is 49.8 cm³/mol. The molecule has 0 aliphatic carbocycles. The smallest absolute Gasteiger partial charge is 0.160 e. The monoisotopic (exact) mass is 182 g/mol. The Balaban J connectivity index is 2.73. The Bertz CT molecular complexity index is 271. The molecule has 1 rings (SSSR count). The first-order valence-corrected chi connectivity index (χ1v) is 4.33. The maximum absolute atomic E-state index is 9.41. The summed E-state index contributed by atoms with van der Waals surface area (Å²) in [7, 11) is 0. The first-order chi connectivity index (χ1) is 6.27. The number of aromatic hydroxyl groups is 1. The summed E-state index contributed by atoms with van der Waals surface area (Å²) in [6, 6.07) is 4.90. The molecule has 3 nitrogen and oxygen atoms in total. The minimum atomic E-state index is -0.0678. The molecule has 0 bridgehead atoms. The van der Waals surface area contributed by atoms with Gasteiger partial charge >= 0.3 is 0 Å². The third kappa shape index (κ3) is 2.63. The van der Waals surface area contributed by atoms with Crippen LogP contribution in [0.2, 0.25) is 0 Å². The van der Waals surface area contributed by atoms with Crippen LogP contribution in [-0.4, -0.2) is 16.8 Å². The van der Waals surface area contributed by atoms with Crippen molar-refractivity contribution in [3.05, 3.63) is 23.8 Å². The van der Waals surface area contributed by atoms with E-state index in [9.17, 15) is 5.11 Å². The molecular formula is C10H14O3. The third-order valence-electron chi connectivity index (χ3n) is 1.67. The lowest BCUT2D eigenvalue weighted by atomic mass is 10.2. The van der Waals surface area contributed by atoms with E-state index in [1.54, 1.807) is 12.1 Å². The van der Waals surface area contributed by atoms with Crippen LogP contribution in [0.3, 0.4) is 0 Å². The predicted octanol–water partition coefficient (Wildman–Crippen LogP) is 1.67.